The molecule has 0 spiro atoms. The Labute approximate surface area is 197 Å². The lowest BCUT2D eigenvalue weighted by molar-refractivity contribution is -0.114. The number of sulfone groups is 1. The number of ether oxygens (including phenoxy) is 1. The fourth-order valence-corrected chi connectivity index (χ4v) is 7.70. The number of amides is 1. The van der Waals surface area contributed by atoms with Crippen LogP contribution in [0.5, 0.6) is 5.75 Å². The highest BCUT2D eigenvalue weighted by Crippen LogP contribution is 2.37. The Balaban J connectivity index is 1.61. The Hall–Kier alpha value is -2.23. The van der Waals surface area contributed by atoms with Gasteiger partial charge in [0.05, 0.1) is 30.3 Å². The first-order chi connectivity index (χ1) is 15.1. The normalized spacial score (nSPS) is 21.1. The van der Waals surface area contributed by atoms with Crippen LogP contribution in [0.3, 0.4) is 0 Å². The first-order valence-corrected chi connectivity index (χ1v) is 13.2. The molecule has 170 valence electrons. The average molecular weight is 494 g/mol. The van der Waals surface area contributed by atoms with Crippen molar-refractivity contribution in [2.75, 3.05) is 35.4 Å². The van der Waals surface area contributed by atoms with Gasteiger partial charge in [0.1, 0.15) is 12.3 Å². The fourth-order valence-electron chi connectivity index (χ4n) is 3.74. The van der Waals surface area contributed by atoms with E-state index in [1.807, 2.05) is 36.9 Å². The largest absolute Gasteiger partial charge is 0.495 e. The van der Waals surface area contributed by atoms with Crippen LogP contribution in [-0.2, 0) is 14.6 Å². The molecule has 0 saturated carbocycles. The summed E-state index contributed by atoms with van der Waals surface area (Å²) >= 11 is 7.51. The van der Waals surface area contributed by atoms with E-state index < -0.39 is 9.84 Å². The quantitative estimate of drug-likeness (QED) is 0.683. The van der Waals surface area contributed by atoms with E-state index in [4.69, 9.17) is 16.3 Å². The summed E-state index contributed by atoms with van der Waals surface area (Å²) in [7, 11) is -1.53. The van der Waals surface area contributed by atoms with E-state index in [0.29, 0.717) is 21.6 Å². The van der Waals surface area contributed by atoms with Crippen molar-refractivity contribution in [3.63, 3.8) is 0 Å². The smallest absolute Gasteiger partial charge is 0.244 e. The number of hydrogen-bond acceptors (Lipinski definition) is 7. The fraction of sp³-hybridized carbons (Fsp3) is 0.364. The van der Waals surface area contributed by atoms with Crippen LogP contribution in [0.4, 0.5) is 11.4 Å². The zero-order valence-corrected chi connectivity index (χ0v) is 20.4. The first-order valence-electron chi connectivity index (χ1n) is 10.1. The second-order valence-electron chi connectivity index (χ2n) is 7.96. The molecule has 1 amide bonds. The van der Waals surface area contributed by atoms with Gasteiger partial charge < -0.3 is 15.0 Å². The molecule has 2 heterocycles. The Morgan fingerprint density at radius 2 is 2.00 bits per heavy atom. The van der Waals surface area contributed by atoms with Gasteiger partial charge in [-0.05, 0) is 55.3 Å². The van der Waals surface area contributed by atoms with Crippen LogP contribution in [0, 0.1) is 13.8 Å². The second kappa shape index (κ2) is 8.96. The van der Waals surface area contributed by atoms with Gasteiger partial charge >= 0.3 is 0 Å². The molecule has 1 N–H and O–H groups in total. The molecule has 10 heteroatoms. The number of hydrogen-bond donors (Lipinski definition) is 1. The summed E-state index contributed by atoms with van der Waals surface area (Å²) < 4.78 is 29.2. The highest BCUT2D eigenvalue weighted by atomic mass is 35.5. The first kappa shape index (κ1) is 22.9. The van der Waals surface area contributed by atoms with Gasteiger partial charge in [0.25, 0.3) is 0 Å². The van der Waals surface area contributed by atoms with Gasteiger partial charge in [-0.25, -0.2) is 8.42 Å². The number of anilines is 2. The predicted molar refractivity (Wildman–Crippen MR) is 131 cm³/mol. The minimum Gasteiger partial charge on any atom is -0.495 e. The number of methoxy groups -OCH3 is 1. The van der Waals surface area contributed by atoms with Crippen molar-refractivity contribution < 1.29 is 17.9 Å². The van der Waals surface area contributed by atoms with Gasteiger partial charge in [0, 0.05) is 16.0 Å². The zero-order chi connectivity index (χ0) is 23.0. The number of carbonyl (C=O) groups excluding carboxylic acids is 1. The van der Waals surface area contributed by atoms with Crippen molar-refractivity contribution >= 4 is 55.6 Å². The molecule has 1 fully saturated rings. The third-order valence-electron chi connectivity index (χ3n) is 5.58. The van der Waals surface area contributed by atoms with Gasteiger partial charge in [-0.1, -0.05) is 29.4 Å². The van der Waals surface area contributed by atoms with Crippen molar-refractivity contribution in [1.29, 1.82) is 0 Å². The summed E-state index contributed by atoms with van der Waals surface area (Å²) in [5, 5.41) is 3.90. The van der Waals surface area contributed by atoms with E-state index in [1.165, 1.54) is 18.9 Å². The number of aryl methyl sites for hydroxylation is 2. The summed E-state index contributed by atoms with van der Waals surface area (Å²) in [5.41, 5.74) is 3.55. The Morgan fingerprint density at radius 3 is 2.69 bits per heavy atom. The lowest BCUT2D eigenvalue weighted by Crippen LogP contribution is -2.36. The maximum absolute atomic E-state index is 13.0. The lowest BCUT2D eigenvalue weighted by Gasteiger charge is -2.25. The van der Waals surface area contributed by atoms with Gasteiger partial charge in [0.2, 0.25) is 5.91 Å². The standard InChI is InChI=1S/C22H24ClN3O4S2/c1-13-4-6-16(8-14(13)2)26(22-25-18-11-32(28,29)12-20(18)31-22)10-21(27)24-17-9-15(23)5-7-19(17)30-3/h4-9,18,20H,10-12H2,1-3H3,(H,24,27)/t18-,20-/m0/s1. The molecule has 0 aliphatic carbocycles. The number of amidine groups is 1. The van der Waals surface area contributed by atoms with E-state index in [-0.39, 0.29) is 35.2 Å². The molecular formula is C22H24ClN3O4S2. The van der Waals surface area contributed by atoms with E-state index in [0.717, 1.165) is 16.8 Å². The molecule has 2 aromatic rings. The van der Waals surface area contributed by atoms with E-state index in [1.54, 1.807) is 18.2 Å². The van der Waals surface area contributed by atoms with E-state index >= 15 is 0 Å². The third kappa shape index (κ3) is 4.89. The van der Waals surface area contributed by atoms with Crippen LogP contribution in [0.25, 0.3) is 0 Å². The van der Waals surface area contributed by atoms with E-state index in [9.17, 15) is 13.2 Å². The number of aliphatic imine (C=N–C) groups is 1. The Kier molecular flexibility index (Phi) is 6.42. The molecule has 1 saturated heterocycles. The molecule has 0 radical (unpaired) electrons. The van der Waals surface area contributed by atoms with Gasteiger partial charge in [-0.2, -0.15) is 0 Å². The molecule has 0 aromatic heterocycles. The van der Waals surface area contributed by atoms with Gasteiger partial charge in [0.15, 0.2) is 15.0 Å². The SMILES string of the molecule is COc1ccc(Cl)cc1NC(=O)CN(C1=N[C@H]2CS(=O)(=O)C[C@@H]2S1)c1ccc(C)c(C)c1. The highest BCUT2D eigenvalue weighted by molar-refractivity contribution is 8.15. The van der Waals surface area contributed by atoms with Crippen molar-refractivity contribution in [3.8, 4) is 5.75 Å². The molecule has 0 bridgehead atoms. The topological polar surface area (TPSA) is 88.1 Å². The minimum absolute atomic E-state index is 0.0101. The molecule has 2 aliphatic heterocycles. The van der Waals surface area contributed by atoms with Crippen molar-refractivity contribution in [1.82, 2.24) is 0 Å². The van der Waals surface area contributed by atoms with Gasteiger partial charge in [-0.3, -0.25) is 9.79 Å². The number of halogens is 1. The molecule has 2 aliphatic rings. The number of nitrogens with one attached hydrogen (secondary N) is 1. The highest BCUT2D eigenvalue weighted by Gasteiger charge is 2.44. The number of fused-ring (bicyclic) bond motifs is 1. The number of carbonyl (C=O) groups is 1. The summed E-state index contributed by atoms with van der Waals surface area (Å²) in [6, 6.07) is 10.7. The van der Waals surface area contributed by atoms with Crippen molar-refractivity contribution in [2.24, 2.45) is 4.99 Å². The molecular weight excluding hydrogens is 470 g/mol. The average Bonchev–Trinajstić information content (AvgIpc) is 3.22. The van der Waals surface area contributed by atoms with Crippen LogP contribution in [-0.4, -0.2) is 55.9 Å². The Morgan fingerprint density at radius 1 is 1.22 bits per heavy atom. The van der Waals surface area contributed by atoms with Crippen molar-refractivity contribution in [2.45, 2.75) is 25.1 Å². The zero-order valence-electron chi connectivity index (χ0n) is 18.0. The van der Waals surface area contributed by atoms with Gasteiger partial charge in [-0.15, -0.1) is 0 Å². The van der Waals surface area contributed by atoms with Crippen LogP contribution < -0.4 is 15.0 Å². The summed E-state index contributed by atoms with van der Waals surface area (Å²) in [5.74, 6) is 0.410. The summed E-state index contributed by atoms with van der Waals surface area (Å²) in [6.07, 6.45) is 0. The minimum atomic E-state index is -3.06. The maximum atomic E-state index is 13.0. The van der Waals surface area contributed by atoms with Crippen LogP contribution in [0.1, 0.15) is 11.1 Å². The molecule has 2 atom stereocenters. The monoisotopic (exact) mass is 493 g/mol. The van der Waals surface area contributed by atoms with Crippen LogP contribution in [0.15, 0.2) is 41.4 Å². The molecule has 7 nitrogen and oxygen atoms in total. The Bertz CT molecular complexity index is 1200. The van der Waals surface area contributed by atoms with Crippen LogP contribution >= 0.6 is 23.4 Å². The van der Waals surface area contributed by atoms with Crippen LogP contribution in [0.2, 0.25) is 5.02 Å². The molecule has 4 rings (SSSR count). The predicted octanol–water partition coefficient (Wildman–Crippen LogP) is 3.68. The maximum Gasteiger partial charge on any atom is 0.244 e. The lowest BCUT2D eigenvalue weighted by atomic mass is 10.1. The third-order valence-corrected chi connectivity index (χ3v) is 9.06. The molecule has 2 aromatic carbocycles. The number of rotatable bonds is 5. The molecule has 32 heavy (non-hydrogen) atoms. The second-order valence-corrected chi connectivity index (χ2v) is 11.8. The number of thioether (sulfide) groups is 1. The number of benzene rings is 2. The van der Waals surface area contributed by atoms with Crippen molar-refractivity contribution in [3.05, 3.63) is 52.5 Å². The summed E-state index contributed by atoms with van der Waals surface area (Å²) in [6.45, 7) is 4.05. The number of nitrogens with zero attached hydrogens (tertiary/aromatic N) is 2. The van der Waals surface area contributed by atoms with E-state index in [2.05, 4.69) is 10.3 Å². The molecule has 0 unspecified atom stereocenters. The summed E-state index contributed by atoms with van der Waals surface area (Å²) in [4.78, 5) is 19.5.